The highest BCUT2D eigenvalue weighted by atomic mass is 79.9. The van der Waals surface area contributed by atoms with Crippen LogP contribution >= 0.6 is 27.5 Å². The van der Waals surface area contributed by atoms with Crippen LogP contribution < -0.4 is 0 Å². The molecule has 0 saturated heterocycles. The Morgan fingerprint density at radius 2 is 1.88 bits per heavy atom. The van der Waals surface area contributed by atoms with Crippen molar-refractivity contribution < 1.29 is 9.18 Å². The molecule has 0 spiro atoms. The monoisotopic (exact) mass is 312 g/mol. The van der Waals surface area contributed by atoms with E-state index in [2.05, 4.69) is 15.9 Å². The van der Waals surface area contributed by atoms with Crippen molar-refractivity contribution in [2.45, 2.75) is 0 Å². The molecule has 0 aliphatic carbocycles. The highest BCUT2D eigenvalue weighted by Crippen LogP contribution is 2.24. The van der Waals surface area contributed by atoms with Crippen LogP contribution in [0.15, 0.2) is 46.9 Å². The molecule has 2 aromatic rings. The van der Waals surface area contributed by atoms with E-state index in [9.17, 15) is 9.18 Å². The van der Waals surface area contributed by atoms with E-state index in [1.807, 2.05) is 0 Å². The van der Waals surface area contributed by atoms with Crippen molar-refractivity contribution in [1.82, 2.24) is 0 Å². The molecule has 0 N–H and O–H groups in total. The van der Waals surface area contributed by atoms with Crippen molar-refractivity contribution in [3.63, 3.8) is 0 Å². The Balaban J connectivity index is 2.44. The van der Waals surface area contributed by atoms with Crippen molar-refractivity contribution in [2.75, 3.05) is 0 Å². The summed E-state index contributed by atoms with van der Waals surface area (Å²) >= 11 is 9.12. The molecule has 0 heterocycles. The summed E-state index contributed by atoms with van der Waals surface area (Å²) in [6.45, 7) is 0. The lowest BCUT2D eigenvalue weighted by Gasteiger charge is -2.04. The van der Waals surface area contributed by atoms with Gasteiger partial charge >= 0.3 is 0 Å². The molecule has 0 saturated carbocycles. The highest BCUT2D eigenvalue weighted by molar-refractivity contribution is 9.10. The van der Waals surface area contributed by atoms with Gasteiger partial charge in [-0.05, 0) is 46.3 Å². The van der Waals surface area contributed by atoms with Gasteiger partial charge in [-0.2, -0.15) is 0 Å². The number of benzene rings is 2. The van der Waals surface area contributed by atoms with Crippen LogP contribution in [0.3, 0.4) is 0 Å². The normalized spacial score (nSPS) is 10.3. The Bertz CT molecular complexity index is 583. The molecule has 0 aromatic heterocycles. The quantitative estimate of drug-likeness (QED) is 0.748. The Morgan fingerprint density at radius 1 is 1.18 bits per heavy atom. The lowest BCUT2D eigenvalue weighted by Crippen LogP contribution is -2.03. The third kappa shape index (κ3) is 2.56. The lowest BCUT2D eigenvalue weighted by atomic mass is 10.0. The predicted molar refractivity (Wildman–Crippen MR) is 69.0 cm³/mol. The maximum absolute atomic E-state index is 13.4. The van der Waals surface area contributed by atoms with E-state index < -0.39 is 5.82 Å². The van der Waals surface area contributed by atoms with Crippen molar-refractivity contribution in [3.05, 3.63) is 68.9 Å². The van der Waals surface area contributed by atoms with Gasteiger partial charge in [-0.1, -0.05) is 23.7 Å². The topological polar surface area (TPSA) is 17.1 Å². The first kappa shape index (κ1) is 12.3. The molecule has 0 fully saturated rings. The van der Waals surface area contributed by atoms with Crippen LogP contribution in [0.5, 0.6) is 0 Å². The molecule has 86 valence electrons. The van der Waals surface area contributed by atoms with Gasteiger partial charge < -0.3 is 0 Å². The van der Waals surface area contributed by atoms with Crippen LogP contribution in [-0.4, -0.2) is 5.78 Å². The number of carbonyl (C=O) groups is 1. The van der Waals surface area contributed by atoms with E-state index >= 15 is 0 Å². The van der Waals surface area contributed by atoms with Crippen LogP contribution in [0, 0.1) is 5.82 Å². The summed E-state index contributed by atoms with van der Waals surface area (Å²) in [6, 6.07) is 10.7. The molecule has 0 bridgehead atoms. The standard InChI is InChI=1S/C13H7BrClFO/c14-10-6-5-8(7-11(10)15)13(17)9-3-1-2-4-12(9)16/h1-7H. The molecule has 0 aliphatic rings. The molecule has 4 heteroatoms. The summed E-state index contributed by atoms with van der Waals surface area (Å²) < 4.78 is 14.1. The molecular weight excluding hydrogens is 306 g/mol. The zero-order chi connectivity index (χ0) is 12.4. The molecule has 0 aliphatic heterocycles. The number of halogens is 3. The molecular formula is C13H7BrClFO. The summed E-state index contributed by atoms with van der Waals surface area (Å²) in [7, 11) is 0. The van der Waals surface area contributed by atoms with Gasteiger partial charge in [-0.3, -0.25) is 4.79 Å². The zero-order valence-corrected chi connectivity index (χ0v) is 10.9. The molecule has 2 rings (SSSR count). The van der Waals surface area contributed by atoms with Gasteiger partial charge in [-0.25, -0.2) is 4.39 Å². The minimum atomic E-state index is -0.531. The van der Waals surface area contributed by atoms with Gasteiger partial charge in [-0.15, -0.1) is 0 Å². The van der Waals surface area contributed by atoms with E-state index in [1.165, 1.54) is 18.2 Å². The first-order chi connectivity index (χ1) is 8.09. The van der Waals surface area contributed by atoms with E-state index in [0.717, 1.165) is 0 Å². The maximum atomic E-state index is 13.4. The van der Waals surface area contributed by atoms with Gasteiger partial charge in [0.25, 0.3) is 0 Å². The van der Waals surface area contributed by atoms with Gasteiger partial charge in [0.1, 0.15) is 5.82 Å². The van der Waals surface area contributed by atoms with Crippen LogP contribution in [0.2, 0.25) is 5.02 Å². The van der Waals surface area contributed by atoms with E-state index in [4.69, 9.17) is 11.6 Å². The van der Waals surface area contributed by atoms with E-state index in [0.29, 0.717) is 15.1 Å². The van der Waals surface area contributed by atoms with Crippen LogP contribution in [0.25, 0.3) is 0 Å². The second-order valence-electron chi connectivity index (χ2n) is 3.44. The summed E-state index contributed by atoms with van der Waals surface area (Å²) in [5, 5.41) is 0.423. The number of hydrogen-bond acceptors (Lipinski definition) is 1. The predicted octanol–water partition coefficient (Wildman–Crippen LogP) is 4.47. The number of ketones is 1. The first-order valence-corrected chi connectivity index (χ1v) is 6.01. The second kappa shape index (κ2) is 4.98. The van der Waals surface area contributed by atoms with Crippen molar-refractivity contribution in [2.24, 2.45) is 0 Å². The van der Waals surface area contributed by atoms with Crippen LogP contribution in [0.4, 0.5) is 4.39 Å². The minimum Gasteiger partial charge on any atom is -0.288 e. The third-order valence-electron chi connectivity index (χ3n) is 2.30. The van der Waals surface area contributed by atoms with Crippen molar-refractivity contribution >= 4 is 33.3 Å². The number of hydrogen-bond donors (Lipinski definition) is 0. The fourth-order valence-electron chi connectivity index (χ4n) is 1.44. The molecule has 0 amide bonds. The van der Waals surface area contributed by atoms with Gasteiger partial charge in [0, 0.05) is 10.0 Å². The fraction of sp³-hybridized carbons (Fsp3) is 0. The first-order valence-electron chi connectivity index (χ1n) is 4.84. The average molecular weight is 314 g/mol. The second-order valence-corrected chi connectivity index (χ2v) is 4.70. The van der Waals surface area contributed by atoms with Gasteiger partial charge in [0.15, 0.2) is 5.78 Å². The highest BCUT2D eigenvalue weighted by Gasteiger charge is 2.14. The SMILES string of the molecule is O=C(c1ccc(Br)c(Cl)c1)c1ccccc1F. The van der Waals surface area contributed by atoms with Crippen LogP contribution in [-0.2, 0) is 0 Å². The largest absolute Gasteiger partial charge is 0.288 e. The Hall–Kier alpha value is -1.19. The summed E-state index contributed by atoms with van der Waals surface area (Å²) in [5.41, 5.74) is 0.411. The Kier molecular flexibility index (Phi) is 3.60. The summed E-state index contributed by atoms with van der Waals surface area (Å²) in [5.74, 6) is -0.908. The van der Waals surface area contributed by atoms with Crippen molar-refractivity contribution in [3.8, 4) is 0 Å². The summed E-state index contributed by atoms with van der Waals surface area (Å²) in [4.78, 5) is 12.0. The Labute approximate surface area is 111 Å². The van der Waals surface area contributed by atoms with E-state index in [-0.39, 0.29) is 11.3 Å². The fourth-order valence-corrected chi connectivity index (χ4v) is 1.87. The lowest BCUT2D eigenvalue weighted by molar-refractivity contribution is 0.103. The molecule has 0 unspecified atom stereocenters. The molecule has 17 heavy (non-hydrogen) atoms. The molecule has 1 nitrogen and oxygen atoms in total. The maximum Gasteiger partial charge on any atom is 0.196 e. The van der Waals surface area contributed by atoms with E-state index in [1.54, 1.807) is 24.3 Å². The third-order valence-corrected chi connectivity index (χ3v) is 3.53. The molecule has 0 atom stereocenters. The summed E-state index contributed by atoms with van der Waals surface area (Å²) in [6.07, 6.45) is 0. The number of carbonyl (C=O) groups excluding carboxylic acids is 1. The average Bonchev–Trinajstić information content (AvgIpc) is 2.32. The number of rotatable bonds is 2. The van der Waals surface area contributed by atoms with Crippen LogP contribution in [0.1, 0.15) is 15.9 Å². The van der Waals surface area contributed by atoms with Gasteiger partial charge in [0.05, 0.1) is 10.6 Å². The molecule has 0 radical (unpaired) electrons. The van der Waals surface area contributed by atoms with Gasteiger partial charge in [0.2, 0.25) is 0 Å². The smallest absolute Gasteiger partial charge is 0.196 e. The minimum absolute atomic E-state index is 0.0471. The zero-order valence-electron chi connectivity index (χ0n) is 8.58. The molecule has 2 aromatic carbocycles. The Morgan fingerprint density at radius 3 is 2.53 bits per heavy atom. The van der Waals surface area contributed by atoms with Crippen molar-refractivity contribution in [1.29, 1.82) is 0 Å².